The molecule has 0 unspecified atom stereocenters. The zero-order chi connectivity index (χ0) is 22.3. The van der Waals surface area contributed by atoms with Crippen molar-refractivity contribution >= 4 is 0 Å². The number of benzene rings is 1. The Kier molecular flexibility index (Phi) is 8.95. The van der Waals surface area contributed by atoms with Crippen LogP contribution in [0, 0.1) is 17.7 Å². The van der Waals surface area contributed by atoms with E-state index in [1.807, 2.05) is 0 Å². The van der Waals surface area contributed by atoms with Gasteiger partial charge >= 0.3 is 6.36 Å². The molecule has 0 amide bonds. The summed E-state index contributed by atoms with van der Waals surface area (Å²) < 4.78 is 77.2. The van der Waals surface area contributed by atoms with Crippen LogP contribution in [0.25, 0.3) is 0 Å². The maximum Gasteiger partial charge on any atom is 0.573 e. The number of alkyl halides is 3. The third kappa shape index (κ3) is 7.89. The van der Waals surface area contributed by atoms with Gasteiger partial charge in [0.25, 0.3) is 0 Å². The first kappa shape index (κ1) is 24.2. The molecule has 0 atom stereocenters. The highest BCUT2D eigenvalue weighted by molar-refractivity contribution is 5.30. The van der Waals surface area contributed by atoms with Gasteiger partial charge in [0.2, 0.25) is 0 Å². The second kappa shape index (κ2) is 11.4. The molecule has 0 aliphatic carbocycles. The summed E-state index contributed by atoms with van der Waals surface area (Å²) in [5.74, 6) is -1.39. The van der Waals surface area contributed by atoms with Crippen LogP contribution in [0.2, 0.25) is 0 Å². The molecule has 9 heteroatoms. The summed E-state index contributed by atoms with van der Waals surface area (Å²) in [7, 11) is 0. The third-order valence-electron chi connectivity index (χ3n) is 5.48. The summed E-state index contributed by atoms with van der Waals surface area (Å²) in [5, 5.41) is 0. The lowest BCUT2D eigenvalue weighted by Gasteiger charge is -2.32. The summed E-state index contributed by atoms with van der Waals surface area (Å²) in [6, 6.07) is 3.16. The fourth-order valence-corrected chi connectivity index (χ4v) is 3.74. The summed E-state index contributed by atoms with van der Waals surface area (Å²) in [5.41, 5.74) is 0.304. The normalized spacial score (nSPS) is 27.3. The average Bonchev–Trinajstić information content (AvgIpc) is 2.74. The molecular weight excluding hydrogens is 420 g/mol. The SMILES string of the molecule is CCCCCC1COC(CCC2COC(c3ccc(OC(F)(F)F)c(F)c3)OC2)OC1. The number of halogens is 4. The second-order valence-corrected chi connectivity index (χ2v) is 8.14. The summed E-state index contributed by atoms with van der Waals surface area (Å²) in [6.45, 7) is 4.45. The van der Waals surface area contributed by atoms with Gasteiger partial charge in [0.15, 0.2) is 24.1 Å². The van der Waals surface area contributed by atoms with Crippen molar-refractivity contribution in [3.8, 4) is 5.75 Å². The summed E-state index contributed by atoms with van der Waals surface area (Å²) >= 11 is 0. The molecule has 2 aliphatic heterocycles. The van der Waals surface area contributed by atoms with Crippen LogP contribution in [0.1, 0.15) is 57.3 Å². The predicted octanol–water partition coefficient (Wildman–Crippen LogP) is 5.74. The minimum Gasteiger partial charge on any atom is -0.403 e. The van der Waals surface area contributed by atoms with Crippen LogP contribution < -0.4 is 4.74 Å². The Balaban J connectivity index is 1.36. The van der Waals surface area contributed by atoms with E-state index in [-0.39, 0.29) is 12.2 Å². The van der Waals surface area contributed by atoms with Crippen molar-refractivity contribution in [3.05, 3.63) is 29.6 Å². The highest BCUT2D eigenvalue weighted by atomic mass is 19.4. The van der Waals surface area contributed by atoms with Crippen molar-refractivity contribution in [2.24, 2.45) is 11.8 Å². The van der Waals surface area contributed by atoms with Crippen molar-refractivity contribution in [1.29, 1.82) is 0 Å². The van der Waals surface area contributed by atoms with Crippen molar-refractivity contribution in [3.63, 3.8) is 0 Å². The molecule has 0 aromatic heterocycles. The molecule has 5 nitrogen and oxygen atoms in total. The molecule has 0 spiro atoms. The first-order chi connectivity index (χ1) is 14.8. The van der Waals surface area contributed by atoms with Crippen molar-refractivity contribution in [1.82, 2.24) is 0 Å². The minimum absolute atomic E-state index is 0.142. The Morgan fingerprint density at radius 2 is 1.55 bits per heavy atom. The van der Waals surface area contributed by atoms with Crippen molar-refractivity contribution in [2.75, 3.05) is 26.4 Å². The van der Waals surface area contributed by atoms with Crippen LogP contribution in [0.3, 0.4) is 0 Å². The van der Waals surface area contributed by atoms with Gasteiger partial charge in [-0.15, -0.1) is 13.2 Å². The Morgan fingerprint density at radius 1 is 0.903 bits per heavy atom. The quantitative estimate of drug-likeness (QED) is 0.355. The van der Waals surface area contributed by atoms with Crippen LogP contribution in [0.15, 0.2) is 18.2 Å². The van der Waals surface area contributed by atoms with Crippen molar-refractivity contribution < 1.29 is 41.2 Å². The van der Waals surface area contributed by atoms with E-state index >= 15 is 0 Å². The number of unbranched alkanes of at least 4 members (excludes halogenated alkanes) is 2. The number of hydrogen-bond donors (Lipinski definition) is 0. The van der Waals surface area contributed by atoms with E-state index in [1.165, 1.54) is 25.3 Å². The largest absolute Gasteiger partial charge is 0.573 e. The van der Waals surface area contributed by atoms with Gasteiger partial charge in [-0.25, -0.2) is 4.39 Å². The first-order valence-corrected chi connectivity index (χ1v) is 10.9. The Labute approximate surface area is 179 Å². The molecule has 31 heavy (non-hydrogen) atoms. The highest BCUT2D eigenvalue weighted by Gasteiger charge is 2.33. The Morgan fingerprint density at radius 3 is 2.16 bits per heavy atom. The van der Waals surface area contributed by atoms with Crippen LogP contribution in [-0.2, 0) is 18.9 Å². The van der Waals surface area contributed by atoms with E-state index in [1.54, 1.807) is 0 Å². The number of hydrogen-bond acceptors (Lipinski definition) is 5. The fourth-order valence-electron chi connectivity index (χ4n) is 3.74. The van der Waals surface area contributed by atoms with Gasteiger partial charge < -0.3 is 23.7 Å². The lowest BCUT2D eigenvalue weighted by molar-refractivity contribution is -0.275. The Bertz CT molecular complexity index is 668. The van der Waals surface area contributed by atoms with Crippen LogP contribution in [-0.4, -0.2) is 39.1 Å². The monoisotopic (exact) mass is 450 g/mol. The summed E-state index contributed by atoms with van der Waals surface area (Å²) in [6.07, 6.45) is 0.333. The van der Waals surface area contributed by atoms with E-state index in [0.717, 1.165) is 44.6 Å². The van der Waals surface area contributed by atoms with E-state index in [4.69, 9.17) is 18.9 Å². The molecule has 2 saturated heterocycles. The number of ether oxygens (including phenoxy) is 5. The predicted molar refractivity (Wildman–Crippen MR) is 104 cm³/mol. The maximum absolute atomic E-state index is 13.9. The molecule has 0 N–H and O–H groups in total. The molecular formula is C22H30F4O5. The maximum atomic E-state index is 13.9. The highest BCUT2D eigenvalue weighted by Crippen LogP contribution is 2.32. The standard InChI is InChI=1S/C22H30F4O5/c1-2-3-4-5-15-11-27-20(28-12-15)9-6-16-13-29-21(30-14-16)17-7-8-19(18(23)10-17)31-22(24,25)26/h7-8,10,15-16,20-21H,2-6,9,11-14H2,1H3. The molecule has 2 fully saturated rings. The smallest absolute Gasteiger partial charge is 0.403 e. The fraction of sp³-hybridized carbons (Fsp3) is 0.727. The van der Waals surface area contributed by atoms with Gasteiger partial charge in [-0.05, 0) is 31.4 Å². The molecule has 1 aromatic carbocycles. The molecule has 0 bridgehead atoms. The molecule has 176 valence electrons. The van der Waals surface area contributed by atoms with Gasteiger partial charge in [0.05, 0.1) is 26.4 Å². The minimum atomic E-state index is -4.95. The molecule has 0 saturated carbocycles. The van der Waals surface area contributed by atoms with Gasteiger partial charge in [0.1, 0.15) is 0 Å². The van der Waals surface area contributed by atoms with Gasteiger partial charge in [-0.1, -0.05) is 32.3 Å². The van der Waals surface area contributed by atoms with E-state index in [9.17, 15) is 17.6 Å². The molecule has 2 heterocycles. The average molecular weight is 450 g/mol. The van der Waals surface area contributed by atoms with E-state index < -0.39 is 24.2 Å². The van der Waals surface area contributed by atoms with Crippen LogP contribution in [0.5, 0.6) is 5.75 Å². The van der Waals surface area contributed by atoms with Gasteiger partial charge in [0, 0.05) is 17.4 Å². The van der Waals surface area contributed by atoms with Crippen LogP contribution >= 0.6 is 0 Å². The Hall–Kier alpha value is -1.42. The second-order valence-electron chi connectivity index (χ2n) is 8.14. The molecule has 2 aliphatic rings. The zero-order valence-corrected chi connectivity index (χ0v) is 17.7. The first-order valence-electron chi connectivity index (χ1n) is 10.9. The molecule has 3 rings (SSSR count). The van der Waals surface area contributed by atoms with E-state index in [0.29, 0.717) is 24.7 Å². The lowest BCUT2D eigenvalue weighted by atomic mass is 10.0. The van der Waals surface area contributed by atoms with E-state index in [2.05, 4.69) is 11.7 Å². The zero-order valence-electron chi connectivity index (χ0n) is 17.7. The third-order valence-corrected chi connectivity index (χ3v) is 5.48. The van der Waals surface area contributed by atoms with Gasteiger partial charge in [-0.2, -0.15) is 0 Å². The summed E-state index contributed by atoms with van der Waals surface area (Å²) in [4.78, 5) is 0. The molecule has 1 aromatic rings. The molecule has 0 radical (unpaired) electrons. The van der Waals surface area contributed by atoms with Crippen molar-refractivity contribution in [2.45, 2.75) is 64.4 Å². The lowest BCUT2D eigenvalue weighted by Crippen LogP contribution is -2.33. The topological polar surface area (TPSA) is 46.2 Å². The van der Waals surface area contributed by atoms with Gasteiger partial charge in [-0.3, -0.25) is 0 Å². The van der Waals surface area contributed by atoms with Crippen LogP contribution in [0.4, 0.5) is 17.6 Å². The number of rotatable bonds is 9.